The van der Waals surface area contributed by atoms with Gasteiger partial charge in [-0.25, -0.2) is 4.79 Å². The Kier molecular flexibility index (Phi) is 29.2. The molecule has 0 radical (unpaired) electrons. The number of nitrogens with zero attached hydrogens (tertiary/aromatic N) is 1. The van der Waals surface area contributed by atoms with Crippen LogP contribution in [0.25, 0.3) is 0 Å². The van der Waals surface area contributed by atoms with Gasteiger partial charge in [0, 0.05) is 80.6 Å². The molecule has 0 aromatic rings. The molecule has 0 aromatic heterocycles. The predicted molar refractivity (Wildman–Crippen MR) is 205 cm³/mol. The largest absolute Gasteiger partial charge is 0.481 e. The van der Waals surface area contributed by atoms with E-state index in [0.717, 1.165) is 19.6 Å². The highest BCUT2D eigenvalue weighted by Gasteiger charge is 2.29. The number of rotatable bonds is 16. The van der Waals surface area contributed by atoms with Gasteiger partial charge in [-0.1, -0.05) is 83.1 Å². The second kappa shape index (κ2) is 27.7. The Morgan fingerprint density at radius 3 is 1.15 bits per heavy atom. The molecule has 312 valence electrons. The van der Waals surface area contributed by atoms with Crippen molar-refractivity contribution in [3.8, 4) is 0 Å². The third kappa shape index (κ3) is 35.0. The molecule has 53 heavy (non-hydrogen) atoms. The summed E-state index contributed by atoms with van der Waals surface area (Å²) in [5.74, 6) is -4.00. The fourth-order valence-corrected chi connectivity index (χ4v) is 3.04. The van der Waals surface area contributed by atoms with E-state index in [0.29, 0.717) is 32.7 Å². The van der Waals surface area contributed by atoms with Gasteiger partial charge in [0.1, 0.15) is 6.04 Å². The number of aliphatic carboxylic acids is 3. The number of nitrogens with one attached hydrogen (secondary N) is 4. The van der Waals surface area contributed by atoms with E-state index in [-0.39, 0.29) is 41.5 Å². The summed E-state index contributed by atoms with van der Waals surface area (Å²) in [6, 6.07) is -1.38. The van der Waals surface area contributed by atoms with Crippen LogP contribution in [0.5, 0.6) is 0 Å². The highest BCUT2D eigenvalue weighted by Crippen LogP contribution is 2.14. The average molecular weight is 765 g/mol. The Bertz CT molecular complexity index is 1120. The minimum absolute atomic E-state index is 0.0260. The predicted octanol–water partition coefficient (Wildman–Crippen LogP) is 0.175. The van der Waals surface area contributed by atoms with E-state index in [2.05, 4.69) is 26.2 Å². The maximum absolute atomic E-state index is 11.6. The van der Waals surface area contributed by atoms with Crippen LogP contribution in [0, 0.1) is 21.7 Å². The molecule has 1 atom stereocenters. The van der Waals surface area contributed by atoms with Crippen molar-refractivity contribution in [2.75, 3.05) is 58.9 Å². The van der Waals surface area contributed by atoms with E-state index in [9.17, 15) is 33.6 Å². The van der Waals surface area contributed by atoms with Crippen molar-refractivity contribution in [2.24, 2.45) is 38.9 Å². The fourth-order valence-electron chi connectivity index (χ4n) is 3.04. The van der Waals surface area contributed by atoms with E-state index in [4.69, 9.17) is 32.5 Å². The summed E-state index contributed by atoms with van der Waals surface area (Å²) in [5, 5.41) is 35.7. The summed E-state index contributed by atoms with van der Waals surface area (Å²) in [6.07, 6.45) is -0.654. The summed E-state index contributed by atoms with van der Waals surface area (Å²) >= 11 is 0. The molecule has 0 bridgehead atoms. The van der Waals surface area contributed by atoms with E-state index >= 15 is 0 Å². The molecule has 18 nitrogen and oxygen atoms in total. The lowest BCUT2D eigenvalue weighted by Crippen LogP contribution is -2.46. The molecule has 0 aliphatic rings. The van der Waals surface area contributed by atoms with Crippen LogP contribution < -0.4 is 38.5 Å². The molecule has 0 saturated heterocycles. The van der Waals surface area contributed by atoms with E-state index in [1.807, 2.05) is 41.5 Å². The number of hydrogen-bond acceptors (Lipinski definition) is 11. The van der Waals surface area contributed by atoms with Gasteiger partial charge in [0.2, 0.25) is 23.6 Å². The lowest BCUT2D eigenvalue weighted by Gasteiger charge is -2.22. The minimum Gasteiger partial charge on any atom is -0.481 e. The quantitative estimate of drug-likeness (QED) is 0.100. The van der Waals surface area contributed by atoms with Crippen LogP contribution in [-0.2, 0) is 33.6 Å². The van der Waals surface area contributed by atoms with Gasteiger partial charge in [0.25, 0.3) is 0 Å². The molecule has 0 aliphatic heterocycles. The van der Waals surface area contributed by atoms with Crippen LogP contribution in [-0.4, -0.2) is 127 Å². The third-order valence-electron chi connectivity index (χ3n) is 6.37. The Balaban J connectivity index is -0.000000307. The van der Waals surface area contributed by atoms with Crippen molar-refractivity contribution in [2.45, 2.75) is 102 Å². The van der Waals surface area contributed by atoms with Crippen molar-refractivity contribution in [3.05, 3.63) is 0 Å². The van der Waals surface area contributed by atoms with E-state index in [1.165, 1.54) is 0 Å². The smallest absolute Gasteiger partial charge is 0.326 e. The molecule has 13 N–H and O–H groups in total. The summed E-state index contributed by atoms with van der Waals surface area (Å²) in [5.41, 5.74) is 14.4. The number of nitrogens with two attached hydrogens (primary N) is 3. The van der Waals surface area contributed by atoms with Crippen molar-refractivity contribution in [1.82, 2.24) is 26.2 Å². The van der Waals surface area contributed by atoms with Crippen molar-refractivity contribution < 1.29 is 48.9 Å². The number of carbonyl (C=O) groups excluding carboxylic acids is 4. The highest BCUT2D eigenvalue weighted by atomic mass is 16.4. The molecule has 0 heterocycles. The van der Waals surface area contributed by atoms with Gasteiger partial charge < -0.3 is 53.8 Å². The lowest BCUT2D eigenvalue weighted by atomic mass is 9.95. The first-order chi connectivity index (χ1) is 23.9. The first-order valence-electron chi connectivity index (χ1n) is 17.5. The standard InChI is InChI=1S/C11H26N4O.C9H15NO5.C8H15NO3.C7H16N2O/c1-11(2,3)10(16)14-6-9-15(7-4-12)8-5-13;1-9(2,3)8(15)10-5(7(13)14)4-6(11)12;1-8(2,3)7(12)9-5-4-6(10)11;1-7(2,3)6(10)9-5-4-8/h4-9,12-13H2,1-3H3,(H,14,16);5H,4H2,1-3H3,(H,10,15)(H,11,12)(H,13,14);4-5H2,1-3H3,(H,9,12)(H,10,11);4-5,8H2,1-3H3,(H,9,10). The van der Waals surface area contributed by atoms with Gasteiger partial charge in [-0.2, -0.15) is 0 Å². The van der Waals surface area contributed by atoms with Gasteiger partial charge in [-0.15, -0.1) is 0 Å². The Labute approximate surface area is 316 Å². The zero-order chi connectivity index (χ0) is 42.8. The molecule has 0 saturated carbocycles. The molecular formula is C35H72N8O10. The molecule has 18 heteroatoms. The minimum atomic E-state index is -1.38. The molecule has 0 aromatic carbocycles. The summed E-state index contributed by atoms with van der Waals surface area (Å²) in [6.45, 7) is 27.1. The summed E-state index contributed by atoms with van der Waals surface area (Å²) < 4.78 is 0. The fraction of sp³-hybridized carbons (Fsp3) is 0.800. The summed E-state index contributed by atoms with van der Waals surface area (Å²) in [7, 11) is 0. The zero-order valence-corrected chi connectivity index (χ0v) is 34.2. The molecule has 0 aliphatic carbocycles. The van der Waals surface area contributed by atoms with Crippen LogP contribution in [0.2, 0.25) is 0 Å². The molecule has 0 fully saturated rings. The van der Waals surface area contributed by atoms with Crippen molar-refractivity contribution in [3.63, 3.8) is 0 Å². The van der Waals surface area contributed by atoms with Gasteiger partial charge in [-0.3, -0.25) is 33.7 Å². The zero-order valence-electron chi connectivity index (χ0n) is 34.2. The Hall–Kier alpha value is -3.87. The number of amides is 4. The maximum atomic E-state index is 11.6. The topological polar surface area (TPSA) is 310 Å². The van der Waals surface area contributed by atoms with Crippen LogP contribution in [0.3, 0.4) is 0 Å². The number of carboxylic acid groups (broad SMARTS) is 3. The second-order valence-electron chi connectivity index (χ2n) is 16.1. The van der Waals surface area contributed by atoms with Crippen molar-refractivity contribution in [1.29, 1.82) is 0 Å². The van der Waals surface area contributed by atoms with Gasteiger partial charge in [0.05, 0.1) is 12.8 Å². The van der Waals surface area contributed by atoms with Crippen LogP contribution in [0.1, 0.15) is 95.9 Å². The van der Waals surface area contributed by atoms with E-state index < -0.39 is 47.1 Å². The maximum Gasteiger partial charge on any atom is 0.326 e. The molecule has 0 spiro atoms. The second-order valence-corrected chi connectivity index (χ2v) is 16.1. The van der Waals surface area contributed by atoms with E-state index in [1.54, 1.807) is 41.5 Å². The molecule has 0 rings (SSSR count). The first-order valence-corrected chi connectivity index (χ1v) is 17.5. The number of carbonyl (C=O) groups is 7. The Morgan fingerprint density at radius 1 is 0.509 bits per heavy atom. The number of carboxylic acids is 3. The lowest BCUT2D eigenvalue weighted by molar-refractivity contribution is -0.148. The SMILES string of the molecule is CC(C)(C)C(=O)NC(CC(=O)O)C(=O)O.CC(C)(C)C(=O)NCCC(=O)O.CC(C)(C)C(=O)NCCN.CC(C)(C)C(=O)NCCN(CCN)CCN. The monoisotopic (exact) mass is 765 g/mol. The highest BCUT2D eigenvalue weighted by molar-refractivity contribution is 5.89. The normalized spacial score (nSPS) is 11.8. The van der Waals surface area contributed by atoms with Gasteiger partial charge in [-0.05, 0) is 0 Å². The Morgan fingerprint density at radius 2 is 0.868 bits per heavy atom. The van der Waals surface area contributed by atoms with Crippen molar-refractivity contribution >= 4 is 41.5 Å². The van der Waals surface area contributed by atoms with Crippen LogP contribution in [0.4, 0.5) is 0 Å². The van der Waals surface area contributed by atoms with Crippen LogP contribution >= 0.6 is 0 Å². The van der Waals surface area contributed by atoms with Gasteiger partial charge >= 0.3 is 17.9 Å². The molecular weight excluding hydrogens is 692 g/mol. The average Bonchev–Trinajstić information content (AvgIpc) is 2.98. The third-order valence-corrected chi connectivity index (χ3v) is 6.37. The first kappa shape index (κ1) is 55.9. The summed E-state index contributed by atoms with van der Waals surface area (Å²) in [4.78, 5) is 78.4. The molecule has 4 amide bonds. The van der Waals surface area contributed by atoms with Gasteiger partial charge in [0.15, 0.2) is 0 Å². The van der Waals surface area contributed by atoms with Crippen LogP contribution in [0.15, 0.2) is 0 Å². The number of hydrogen-bond donors (Lipinski definition) is 10. The molecule has 1 unspecified atom stereocenters.